The maximum atomic E-state index is 12.4. The number of hydrogen-bond acceptors (Lipinski definition) is 3. The number of rotatable bonds is 2. The maximum Gasteiger partial charge on any atom is 0.267 e. The van der Waals surface area contributed by atoms with Crippen molar-refractivity contribution in [3.05, 3.63) is 22.5 Å². The molecule has 1 rings (SSSR count). The van der Waals surface area contributed by atoms with Crippen molar-refractivity contribution in [2.45, 2.75) is 13.0 Å². The smallest absolute Gasteiger partial charge is 0.267 e. The molecule has 3 nitrogen and oxygen atoms in total. The van der Waals surface area contributed by atoms with Crippen molar-refractivity contribution in [1.29, 1.82) is 0 Å². The first-order valence-corrected chi connectivity index (χ1v) is 3.77. The Labute approximate surface area is 78.1 Å². The van der Waals surface area contributed by atoms with Crippen molar-refractivity contribution in [1.82, 2.24) is 4.98 Å². The number of hydrogen-bond donors (Lipinski definition) is 2. The largest absolute Gasteiger partial charge is 0.396 e. The highest BCUT2D eigenvalue weighted by Gasteiger charge is 2.19. The lowest BCUT2D eigenvalue weighted by Crippen LogP contribution is -2.02. The second kappa shape index (κ2) is 3.85. The van der Waals surface area contributed by atoms with Crippen LogP contribution in [0.1, 0.15) is 17.7 Å². The minimum Gasteiger partial charge on any atom is -0.396 e. The van der Waals surface area contributed by atoms with E-state index in [1.165, 1.54) is 0 Å². The van der Waals surface area contributed by atoms with Gasteiger partial charge in [0, 0.05) is 0 Å². The van der Waals surface area contributed by atoms with Gasteiger partial charge < -0.3 is 10.8 Å². The molecule has 0 aliphatic heterocycles. The fourth-order valence-electron chi connectivity index (χ4n) is 0.904. The number of pyridine rings is 1. The Kier molecular flexibility index (Phi) is 3.00. The first-order valence-electron chi connectivity index (χ1n) is 3.39. The molecule has 0 bridgehead atoms. The quantitative estimate of drug-likeness (QED) is 0.779. The van der Waals surface area contributed by atoms with Gasteiger partial charge in [-0.05, 0) is 0 Å². The molecular weight excluding hydrogens is 202 g/mol. The molecule has 0 aliphatic rings. The van der Waals surface area contributed by atoms with Gasteiger partial charge in [0.2, 0.25) is 0 Å². The van der Waals surface area contributed by atoms with Crippen molar-refractivity contribution in [3.63, 3.8) is 0 Å². The molecular formula is C7H7ClF2N2O. The summed E-state index contributed by atoms with van der Waals surface area (Å²) in [6.07, 6.45) is -1.65. The zero-order valence-electron chi connectivity index (χ0n) is 6.47. The first kappa shape index (κ1) is 10.1. The molecule has 0 aliphatic carbocycles. The van der Waals surface area contributed by atoms with Crippen molar-refractivity contribution in [2.75, 3.05) is 5.73 Å². The molecule has 0 aromatic carbocycles. The Hall–Kier alpha value is -0.940. The van der Waals surface area contributed by atoms with Crippen LogP contribution in [0.3, 0.4) is 0 Å². The Morgan fingerprint density at radius 3 is 2.69 bits per heavy atom. The minimum absolute atomic E-state index is 0.0193. The van der Waals surface area contributed by atoms with Gasteiger partial charge in [-0.1, -0.05) is 11.6 Å². The molecule has 1 aromatic rings. The van der Waals surface area contributed by atoms with Gasteiger partial charge in [-0.15, -0.1) is 0 Å². The van der Waals surface area contributed by atoms with Crippen molar-refractivity contribution < 1.29 is 13.9 Å². The standard InChI is InChI=1S/C7H7ClF2N2O/c8-6-3(11)1-12-4(2-13)5(6)7(9)10/h1,7,13H,2,11H2. The number of anilines is 1. The summed E-state index contributed by atoms with van der Waals surface area (Å²) in [6, 6.07) is 0. The lowest BCUT2D eigenvalue weighted by molar-refractivity contribution is 0.146. The second-order valence-electron chi connectivity index (χ2n) is 2.35. The normalized spacial score (nSPS) is 10.8. The van der Waals surface area contributed by atoms with E-state index in [0.29, 0.717) is 0 Å². The van der Waals surface area contributed by atoms with Gasteiger partial charge in [-0.2, -0.15) is 0 Å². The molecule has 0 spiro atoms. The van der Waals surface area contributed by atoms with Gasteiger partial charge in [0.25, 0.3) is 6.43 Å². The molecule has 0 atom stereocenters. The predicted octanol–water partition coefficient (Wildman–Crippen LogP) is 1.75. The van der Waals surface area contributed by atoms with E-state index >= 15 is 0 Å². The average Bonchev–Trinajstić information content (AvgIpc) is 2.08. The Balaban J connectivity index is 3.32. The highest BCUT2D eigenvalue weighted by atomic mass is 35.5. The van der Waals surface area contributed by atoms with Gasteiger partial charge in [0.15, 0.2) is 0 Å². The van der Waals surface area contributed by atoms with E-state index in [-0.39, 0.29) is 16.4 Å². The fraction of sp³-hybridized carbons (Fsp3) is 0.286. The number of aliphatic hydroxyl groups is 1. The van der Waals surface area contributed by atoms with Crippen molar-refractivity contribution >= 4 is 17.3 Å². The molecule has 1 heterocycles. The summed E-state index contributed by atoms with van der Waals surface area (Å²) < 4.78 is 24.7. The van der Waals surface area contributed by atoms with E-state index in [9.17, 15) is 8.78 Å². The zero-order chi connectivity index (χ0) is 10.0. The Morgan fingerprint density at radius 2 is 2.23 bits per heavy atom. The topological polar surface area (TPSA) is 59.1 Å². The van der Waals surface area contributed by atoms with Gasteiger partial charge >= 0.3 is 0 Å². The molecule has 0 saturated heterocycles. The number of alkyl halides is 2. The highest BCUT2D eigenvalue weighted by Crippen LogP contribution is 2.32. The van der Waals surface area contributed by atoms with E-state index in [2.05, 4.69) is 4.98 Å². The summed E-state index contributed by atoms with van der Waals surface area (Å²) in [5, 5.41) is 8.45. The average molecular weight is 209 g/mol. The number of aliphatic hydroxyl groups excluding tert-OH is 1. The molecule has 6 heteroatoms. The third-order valence-corrected chi connectivity index (χ3v) is 1.95. The molecule has 1 aromatic heterocycles. The minimum atomic E-state index is -2.79. The van der Waals surface area contributed by atoms with E-state index < -0.39 is 18.6 Å². The number of nitrogens with two attached hydrogens (primary N) is 1. The van der Waals surface area contributed by atoms with Gasteiger partial charge in [-0.25, -0.2) is 8.78 Å². The molecule has 0 amide bonds. The summed E-state index contributed by atoms with van der Waals surface area (Å²) in [4.78, 5) is 3.54. The van der Waals surface area contributed by atoms with Crippen LogP contribution < -0.4 is 5.73 Å². The summed E-state index contributed by atoms with van der Waals surface area (Å²) in [5.74, 6) is 0. The monoisotopic (exact) mass is 208 g/mol. The summed E-state index contributed by atoms with van der Waals surface area (Å²) in [7, 11) is 0. The van der Waals surface area contributed by atoms with Crippen LogP contribution in [-0.4, -0.2) is 10.1 Å². The second-order valence-corrected chi connectivity index (χ2v) is 2.72. The van der Waals surface area contributed by atoms with Crippen LogP contribution in [0, 0.1) is 0 Å². The molecule has 0 fully saturated rings. The Bertz CT molecular complexity index is 320. The Morgan fingerprint density at radius 1 is 1.62 bits per heavy atom. The summed E-state index contributed by atoms with van der Waals surface area (Å²) >= 11 is 5.52. The summed E-state index contributed by atoms with van der Waals surface area (Å²) in [5.41, 5.74) is 4.61. The maximum absolute atomic E-state index is 12.4. The van der Waals surface area contributed by atoms with Crippen LogP contribution in [0.25, 0.3) is 0 Å². The van der Waals surface area contributed by atoms with Gasteiger partial charge in [0.05, 0.1) is 34.8 Å². The lowest BCUT2D eigenvalue weighted by Gasteiger charge is -2.09. The predicted molar refractivity (Wildman–Crippen MR) is 44.5 cm³/mol. The highest BCUT2D eigenvalue weighted by molar-refractivity contribution is 6.33. The van der Waals surface area contributed by atoms with Crippen LogP contribution in [0.5, 0.6) is 0 Å². The van der Waals surface area contributed by atoms with E-state index in [0.717, 1.165) is 6.20 Å². The van der Waals surface area contributed by atoms with Gasteiger partial charge in [-0.3, -0.25) is 4.98 Å². The van der Waals surface area contributed by atoms with Crippen LogP contribution in [0.4, 0.5) is 14.5 Å². The fourth-order valence-corrected chi connectivity index (χ4v) is 1.14. The molecule has 3 N–H and O–H groups in total. The van der Waals surface area contributed by atoms with Crippen LogP contribution in [0.15, 0.2) is 6.20 Å². The third-order valence-electron chi connectivity index (χ3n) is 1.53. The molecule has 0 radical (unpaired) electrons. The number of aromatic nitrogens is 1. The third kappa shape index (κ3) is 1.87. The first-order chi connectivity index (χ1) is 6.07. The molecule has 0 unspecified atom stereocenters. The molecule has 0 saturated carbocycles. The molecule has 13 heavy (non-hydrogen) atoms. The van der Waals surface area contributed by atoms with E-state index in [1.807, 2.05) is 0 Å². The van der Waals surface area contributed by atoms with E-state index in [1.54, 1.807) is 0 Å². The SMILES string of the molecule is Nc1cnc(CO)c(C(F)F)c1Cl. The van der Waals surface area contributed by atoms with Crippen LogP contribution >= 0.6 is 11.6 Å². The number of halogens is 3. The van der Waals surface area contributed by atoms with Crippen molar-refractivity contribution in [3.8, 4) is 0 Å². The van der Waals surface area contributed by atoms with E-state index in [4.69, 9.17) is 22.4 Å². The number of nitrogen functional groups attached to an aromatic ring is 1. The van der Waals surface area contributed by atoms with Crippen LogP contribution in [-0.2, 0) is 6.61 Å². The zero-order valence-corrected chi connectivity index (χ0v) is 7.22. The summed E-state index contributed by atoms with van der Waals surface area (Å²) in [6.45, 7) is -0.584. The van der Waals surface area contributed by atoms with Crippen molar-refractivity contribution in [2.24, 2.45) is 0 Å². The molecule has 72 valence electrons. The van der Waals surface area contributed by atoms with Crippen LogP contribution in [0.2, 0.25) is 5.02 Å². The number of nitrogens with zero attached hydrogens (tertiary/aromatic N) is 1. The lowest BCUT2D eigenvalue weighted by atomic mass is 10.2. The van der Waals surface area contributed by atoms with Gasteiger partial charge in [0.1, 0.15) is 0 Å².